The van der Waals surface area contributed by atoms with E-state index in [1.54, 1.807) is 6.08 Å². The summed E-state index contributed by atoms with van der Waals surface area (Å²) in [6.45, 7) is 5.07. The van der Waals surface area contributed by atoms with Gasteiger partial charge in [-0.25, -0.2) is 4.79 Å². The van der Waals surface area contributed by atoms with E-state index >= 15 is 0 Å². The van der Waals surface area contributed by atoms with Crippen LogP contribution in [0.15, 0.2) is 17.6 Å². The maximum Gasteiger partial charge on any atom is 0.350 e. The van der Waals surface area contributed by atoms with Crippen molar-refractivity contribution >= 4 is 6.08 Å². The fraction of sp³-hybridized carbons (Fsp3) is 0.538. The van der Waals surface area contributed by atoms with Gasteiger partial charge in [0.15, 0.2) is 6.23 Å². The zero-order valence-corrected chi connectivity index (χ0v) is 11.1. The van der Waals surface area contributed by atoms with Crippen molar-refractivity contribution in [3.05, 3.63) is 34.5 Å². The maximum absolute atomic E-state index is 12.0. The third-order valence-electron chi connectivity index (χ3n) is 3.41. The van der Waals surface area contributed by atoms with Crippen LogP contribution in [0.3, 0.4) is 0 Å². The Morgan fingerprint density at radius 1 is 1.50 bits per heavy atom. The van der Waals surface area contributed by atoms with Gasteiger partial charge in [0.05, 0.1) is 12.3 Å². The second-order valence-electron chi connectivity index (χ2n) is 4.62. The molecule has 0 radical (unpaired) electrons. The van der Waals surface area contributed by atoms with Crippen molar-refractivity contribution in [1.29, 1.82) is 0 Å². The lowest BCUT2D eigenvalue weighted by Crippen LogP contribution is -2.36. The summed E-state index contributed by atoms with van der Waals surface area (Å²) in [5, 5.41) is 28.7. The molecule has 0 aromatic carbocycles. The standard InChI is InChI=1S/C13H18N2O5/c1-3-7-5-15(13(19)14-8(7)4-2)12-11(18)10(17)9(6-16)20-12/h3,5,9-12,16-18H,1,4,6H2,2H3/t9-,10?,11+,12-/m1/s1. The van der Waals surface area contributed by atoms with Gasteiger partial charge in [0.25, 0.3) is 0 Å². The smallest absolute Gasteiger partial charge is 0.350 e. The molecule has 3 N–H and O–H groups in total. The third-order valence-corrected chi connectivity index (χ3v) is 3.41. The highest BCUT2D eigenvalue weighted by Gasteiger charge is 2.43. The molecule has 1 aromatic heterocycles. The lowest BCUT2D eigenvalue weighted by molar-refractivity contribution is -0.0550. The number of ether oxygens (including phenoxy) is 1. The fourth-order valence-corrected chi connectivity index (χ4v) is 2.26. The zero-order valence-electron chi connectivity index (χ0n) is 11.1. The Morgan fingerprint density at radius 3 is 2.70 bits per heavy atom. The molecule has 7 heteroatoms. The van der Waals surface area contributed by atoms with Crippen molar-refractivity contribution in [2.75, 3.05) is 6.61 Å². The monoisotopic (exact) mass is 282 g/mol. The molecule has 7 nitrogen and oxygen atoms in total. The number of nitrogens with zero attached hydrogens (tertiary/aromatic N) is 2. The van der Waals surface area contributed by atoms with E-state index in [1.807, 2.05) is 6.92 Å². The van der Waals surface area contributed by atoms with Crippen molar-refractivity contribution in [3.8, 4) is 0 Å². The molecule has 0 spiro atoms. The number of aliphatic hydroxyl groups is 3. The van der Waals surface area contributed by atoms with Gasteiger partial charge in [0.2, 0.25) is 0 Å². The second kappa shape index (κ2) is 5.84. The normalized spacial score (nSPS) is 29.6. The van der Waals surface area contributed by atoms with Crippen molar-refractivity contribution in [2.24, 2.45) is 0 Å². The molecule has 1 aliphatic heterocycles. The highest BCUT2D eigenvalue weighted by molar-refractivity contribution is 5.48. The van der Waals surface area contributed by atoms with Crippen LogP contribution >= 0.6 is 0 Å². The predicted molar refractivity (Wildman–Crippen MR) is 71.0 cm³/mol. The Hall–Kier alpha value is -1.54. The molecular weight excluding hydrogens is 264 g/mol. The molecule has 0 amide bonds. The number of aromatic nitrogens is 2. The van der Waals surface area contributed by atoms with Crippen LogP contribution in [0.5, 0.6) is 0 Å². The zero-order chi connectivity index (χ0) is 14.9. The Bertz CT molecular complexity index is 556. The largest absolute Gasteiger partial charge is 0.394 e. The summed E-state index contributed by atoms with van der Waals surface area (Å²) in [6.07, 6.45) is -0.948. The summed E-state index contributed by atoms with van der Waals surface area (Å²) in [4.78, 5) is 15.9. The molecular formula is C13H18N2O5. The number of aliphatic hydroxyl groups excluding tert-OH is 3. The first kappa shape index (κ1) is 14.9. The van der Waals surface area contributed by atoms with Gasteiger partial charge in [0, 0.05) is 11.8 Å². The van der Waals surface area contributed by atoms with Crippen molar-refractivity contribution in [1.82, 2.24) is 9.55 Å². The van der Waals surface area contributed by atoms with Gasteiger partial charge in [-0.1, -0.05) is 19.6 Å². The van der Waals surface area contributed by atoms with Gasteiger partial charge in [0.1, 0.15) is 18.3 Å². The van der Waals surface area contributed by atoms with Gasteiger partial charge in [-0.05, 0) is 6.42 Å². The van der Waals surface area contributed by atoms with E-state index in [1.165, 1.54) is 6.20 Å². The summed E-state index contributed by atoms with van der Waals surface area (Å²) in [5.41, 5.74) is 0.681. The van der Waals surface area contributed by atoms with Gasteiger partial charge >= 0.3 is 5.69 Å². The topological polar surface area (TPSA) is 105 Å². The first-order valence-electron chi connectivity index (χ1n) is 6.40. The van der Waals surface area contributed by atoms with E-state index in [0.717, 1.165) is 4.57 Å². The van der Waals surface area contributed by atoms with E-state index < -0.39 is 36.8 Å². The van der Waals surface area contributed by atoms with E-state index in [9.17, 15) is 15.0 Å². The third kappa shape index (κ3) is 2.40. The van der Waals surface area contributed by atoms with Crippen LogP contribution in [0, 0.1) is 0 Å². The van der Waals surface area contributed by atoms with E-state index in [0.29, 0.717) is 17.7 Å². The quantitative estimate of drug-likeness (QED) is 0.658. The van der Waals surface area contributed by atoms with Crippen molar-refractivity contribution in [2.45, 2.75) is 37.9 Å². The second-order valence-corrected chi connectivity index (χ2v) is 4.62. The molecule has 0 bridgehead atoms. The lowest BCUT2D eigenvalue weighted by atomic mass is 10.1. The Kier molecular flexibility index (Phi) is 4.34. The molecule has 1 saturated heterocycles. The summed E-state index contributed by atoms with van der Waals surface area (Å²) in [5.74, 6) is 0. The predicted octanol–water partition coefficient (Wildman–Crippen LogP) is -0.940. The Morgan fingerprint density at radius 2 is 2.20 bits per heavy atom. The average molecular weight is 282 g/mol. The van der Waals surface area contributed by atoms with E-state index in [-0.39, 0.29) is 0 Å². The van der Waals surface area contributed by atoms with E-state index in [4.69, 9.17) is 9.84 Å². The minimum atomic E-state index is -1.31. The highest BCUT2D eigenvalue weighted by Crippen LogP contribution is 2.28. The highest BCUT2D eigenvalue weighted by atomic mass is 16.6. The summed E-state index contributed by atoms with van der Waals surface area (Å²) in [6, 6.07) is 0. The fourth-order valence-electron chi connectivity index (χ4n) is 2.26. The molecule has 1 fully saturated rings. The van der Waals surface area contributed by atoms with Gasteiger partial charge in [-0.2, -0.15) is 4.98 Å². The van der Waals surface area contributed by atoms with Gasteiger partial charge < -0.3 is 20.1 Å². The molecule has 1 unspecified atom stereocenters. The van der Waals surface area contributed by atoms with Crippen molar-refractivity contribution in [3.63, 3.8) is 0 Å². The van der Waals surface area contributed by atoms with Crippen LogP contribution in [0.2, 0.25) is 0 Å². The van der Waals surface area contributed by atoms with Gasteiger partial charge in [-0.3, -0.25) is 4.57 Å². The summed E-state index contributed by atoms with van der Waals surface area (Å²) in [7, 11) is 0. The van der Waals surface area contributed by atoms with Crippen LogP contribution < -0.4 is 5.69 Å². The van der Waals surface area contributed by atoms with E-state index in [2.05, 4.69) is 11.6 Å². The van der Waals surface area contributed by atoms with Crippen LogP contribution in [-0.2, 0) is 11.2 Å². The first-order chi connectivity index (χ1) is 9.53. The Balaban J connectivity index is 2.43. The summed E-state index contributed by atoms with van der Waals surface area (Å²) >= 11 is 0. The van der Waals surface area contributed by atoms with Crippen LogP contribution in [0.1, 0.15) is 24.4 Å². The number of hydrogen-bond donors (Lipinski definition) is 3. The number of rotatable bonds is 4. The molecule has 1 aliphatic rings. The molecule has 2 heterocycles. The maximum atomic E-state index is 12.0. The molecule has 1 aromatic rings. The SMILES string of the molecule is C=Cc1cn([C@@H]2O[C@H](CO)C(O)[C@@H]2O)c(=O)nc1CC. The summed E-state index contributed by atoms with van der Waals surface area (Å²) < 4.78 is 6.42. The molecule has 20 heavy (non-hydrogen) atoms. The number of aryl methyl sites for hydroxylation is 1. The molecule has 0 saturated carbocycles. The molecule has 110 valence electrons. The van der Waals surface area contributed by atoms with Crippen molar-refractivity contribution < 1.29 is 20.1 Å². The minimum absolute atomic E-state index is 0.446. The lowest BCUT2D eigenvalue weighted by Gasteiger charge is -2.18. The molecule has 4 atom stereocenters. The van der Waals surface area contributed by atoms with Crippen LogP contribution in [-0.4, -0.2) is 49.8 Å². The first-order valence-corrected chi connectivity index (χ1v) is 6.40. The number of hydrogen-bond acceptors (Lipinski definition) is 6. The Labute approximate surface area is 115 Å². The van der Waals surface area contributed by atoms with Crippen LogP contribution in [0.25, 0.3) is 6.08 Å². The average Bonchev–Trinajstić information content (AvgIpc) is 2.74. The minimum Gasteiger partial charge on any atom is -0.394 e. The van der Waals surface area contributed by atoms with Crippen LogP contribution in [0.4, 0.5) is 0 Å². The van der Waals surface area contributed by atoms with Gasteiger partial charge in [-0.15, -0.1) is 0 Å². The molecule has 2 rings (SSSR count). The molecule has 0 aliphatic carbocycles.